The van der Waals surface area contributed by atoms with Crippen molar-refractivity contribution in [1.82, 2.24) is 14.5 Å². The van der Waals surface area contributed by atoms with Crippen LogP contribution in [-0.4, -0.2) is 55.1 Å². The first-order valence-electron chi connectivity index (χ1n) is 12.3. The summed E-state index contributed by atoms with van der Waals surface area (Å²) >= 11 is 0. The van der Waals surface area contributed by atoms with Gasteiger partial charge in [0, 0.05) is 32.6 Å². The van der Waals surface area contributed by atoms with Crippen molar-refractivity contribution < 1.29 is 18.0 Å². The summed E-state index contributed by atoms with van der Waals surface area (Å²) < 4.78 is 26.8. The van der Waals surface area contributed by atoms with Crippen molar-refractivity contribution >= 4 is 21.8 Å². The van der Waals surface area contributed by atoms with Crippen LogP contribution in [0.4, 0.5) is 0 Å². The molecule has 7 nitrogen and oxygen atoms in total. The minimum Gasteiger partial charge on any atom is -0.352 e. The smallest absolute Gasteiger partial charge is 0.243 e. The lowest BCUT2D eigenvalue weighted by Gasteiger charge is -2.31. The van der Waals surface area contributed by atoms with Crippen LogP contribution in [0, 0.1) is 6.92 Å². The molecule has 2 aromatic rings. The van der Waals surface area contributed by atoms with E-state index in [-0.39, 0.29) is 35.7 Å². The van der Waals surface area contributed by atoms with E-state index in [1.54, 1.807) is 35.2 Å². The molecule has 2 amide bonds. The number of amides is 2. The molecule has 0 bridgehead atoms. The Bertz CT molecular complexity index is 1060. The Kier molecular flexibility index (Phi) is 10.9. The summed E-state index contributed by atoms with van der Waals surface area (Å²) in [5.74, 6) is -0.326. The molecule has 0 aliphatic rings. The lowest BCUT2D eigenvalue weighted by molar-refractivity contribution is -0.141. The van der Waals surface area contributed by atoms with E-state index in [0.29, 0.717) is 19.4 Å². The van der Waals surface area contributed by atoms with Gasteiger partial charge in [-0.15, -0.1) is 0 Å². The van der Waals surface area contributed by atoms with Gasteiger partial charge in [0.2, 0.25) is 21.8 Å². The van der Waals surface area contributed by atoms with Gasteiger partial charge >= 0.3 is 0 Å². The second kappa shape index (κ2) is 13.4. The maximum Gasteiger partial charge on any atom is 0.243 e. The molecule has 0 fully saturated rings. The fourth-order valence-corrected chi connectivity index (χ4v) is 4.97. The second-order valence-corrected chi connectivity index (χ2v) is 11.0. The molecule has 2 aromatic carbocycles. The quantitative estimate of drug-likeness (QED) is 0.447. The molecule has 8 heteroatoms. The van der Waals surface area contributed by atoms with Gasteiger partial charge in [0.15, 0.2) is 0 Å². The molecule has 0 unspecified atom stereocenters. The average molecular weight is 502 g/mol. The third kappa shape index (κ3) is 8.18. The predicted octanol–water partition coefficient (Wildman–Crippen LogP) is 4.12. The van der Waals surface area contributed by atoms with Gasteiger partial charge in [0.25, 0.3) is 0 Å². The van der Waals surface area contributed by atoms with E-state index in [2.05, 4.69) is 5.32 Å². The standard InChI is InChI=1S/C27H39N3O4S/c1-6-22(4)28-27(32)25(7-2)30(20-23-17-15-21(3)16-18-23)26(31)14-11-19-29(5)35(33,34)24-12-9-8-10-13-24/h8-10,12-13,15-18,22,25H,6-7,11,14,19-20H2,1-5H3,(H,28,32)/t22-,25+/m1/s1. The molecule has 0 aliphatic heterocycles. The van der Waals surface area contributed by atoms with E-state index in [4.69, 9.17) is 0 Å². The van der Waals surface area contributed by atoms with Crippen LogP contribution in [0.25, 0.3) is 0 Å². The lowest BCUT2D eigenvalue weighted by Crippen LogP contribution is -2.50. The molecule has 192 valence electrons. The van der Waals surface area contributed by atoms with Crippen LogP contribution in [0.5, 0.6) is 0 Å². The van der Waals surface area contributed by atoms with Gasteiger partial charge in [-0.1, -0.05) is 61.9 Å². The molecule has 1 N–H and O–H groups in total. The van der Waals surface area contributed by atoms with E-state index in [0.717, 1.165) is 17.5 Å². The summed E-state index contributed by atoms with van der Waals surface area (Å²) in [5.41, 5.74) is 2.07. The number of nitrogens with one attached hydrogen (secondary N) is 1. The molecule has 0 saturated carbocycles. The van der Waals surface area contributed by atoms with Crippen LogP contribution >= 0.6 is 0 Å². The number of hydrogen-bond acceptors (Lipinski definition) is 4. The zero-order chi connectivity index (χ0) is 26.0. The van der Waals surface area contributed by atoms with E-state index < -0.39 is 16.1 Å². The van der Waals surface area contributed by atoms with Crippen LogP contribution in [0.15, 0.2) is 59.5 Å². The van der Waals surface area contributed by atoms with Crippen LogP contribution < -0.4 is 5.32 Å². The van der Waals surface area contributed by atoms with Crippen LogP contribution in [-0.2, 0) is 26.2 Å². The lowest BCUT2D eigenvalue weighted by atomic mass is 10.1. The number of benzene rings is 2. The number of carbonyl (C=O) groups excluding carboxylic acids is 2. The Morgan fingerprint density at radius 1 is 0.971 bits per heavy atom. The second-order valence-electron chi connectivity index (χ2n) is 8.99. The number of hydrogen-bond donors (Lipinski definition) is 1. The van der Waals surface area contributed by atoms with Crippen molar-refractivity contribution in [2.75, 3.05) is 13.6 Å². The zero-order valence-corrected chi connectivity index (χ0v) is 22.3. The number of sulfonamides is 1. The Labute approximate surface area is 210 Å². The summed E-state index contributed by atoms with van der Waals surface area (Å²) in [5, 5.41) is 3.00. The highest BCUT2D eigenvalue weighted by Crippen LogP contribution is 2.17. The molecule has 0 saturated heterocycles. The summed E-state index contributed by atoms with van der Waals surface area (Å²) in [6.45, 7) is 8.37. The molecule has 35 heavy (non-hydrogen) atoms. The molecule has 0 spiro atoms. The molecular weight excluding hydrogens is 462 g/mol. The number of rotatable bonds is 13. The van der Waals surface area contributed by atoms with Crippen LogP contribution in [0.3, 0.4) is 0 Å². The fourth-order valence-electron chi connectivity index (χ4n) is 3.74. The van der Waals surface area contributed by atoms with E-state index in [1.807, 2.05) is 52.0 Å². The Hall–Kier alpha value is -2.71. The molecule has 2 rings (SSSR count). The zero-order valence-electron chi connectivity index (χ0n) is 21.5. The molecular formula is C27H39N3O4S. The monoisotopic (exact) mass is 501 g/mol. The van der Waals surface area contributed by atoms with Gasteiger partial charge in [0.1, 0.15) is 6.04 Å². The number of aryl methyl sites for hydroxylation is 1. The van der Waals surface area contributed by atoms with Crippen molar-refractivity contribution in [1.29, 1.82) is 0 Å². The summed E-state index contributed by atoms with van der Waals surface area (Å²) in [6, 6.07) is 15.6. The van der Waals surface area contributed by atoms with Gasteiger partial charge in [-0.3, -0.25) is 9.59 Å². The number of nitrogens with zero attached hydrogens (tertiary/aromatic N) is 2. The SMILES string of the molecule is CC[C@@H](C)NC(=O)[C@H](CC)N(Cc1ccc(C)cc1)C(=O)CCCN(C)S(=O)(=O)c1ccccc1. The summed E-state index contributed by atoms with van der Waals surface area (Å²) in [6.07, 6.45) is 1.79. The summed E-state index contributed by atoms with van der Waals surface area (Å²) in [4.78, 5) is 28.2. The molecule has 0 heterocycles. The predicted molar refractivity (Wildman–Crippen MR) is 139 cm³/mol. The highest BCUT2D eigenvalue weighted by atomic mass is 32.2. The van der Waals surface area contributed by atoms with Crippen molar-refractivity contribution in [3.8, 4) is 0 Å². The molecule has 0 aliphatic carbocycles. The van der Waals surface area contributed by atoms with Gasteiger partial charge in [-0.05, 0) is 50.8 Å². The van der Waals surface area contributed by atoms with Crippen molar-refractivity contribution in [3.63, 3.8) is 0 Å². The van der Waals surface area contributed by atoms with Crippen LogP contribution in [0.1, 0.15) is 57.6 Å². The minimum absolute atomic E-state index is 0.0183. The maximum atomic E-state index is 13.4. The van der Waals surface area contributed by atoms with Gasteiger partial charge in [-0.2, -0.15) is 0 Å². The Morgan fingerprint density at radius 2 is 1.60 bits per heavy atom. The van der Waals surface area contributed by atoms with Crippen molar-refractivity contribution in [2.45, 2.75) is 76.9 Å². The average Bonchev–Trinajstić information content (AvgIpc) is 2.85. The molecule has 0 aromatic heterocycles. The molecule has 2 atom stereocenters. The highest BCUT2D eigenvalue weighted by Gasteiger charge is 2.29. The van der Waals surface area contributed by atoms with Gasteiger partial charge < -0.3 is 10.2 Å². The first kappa shape index (κ1) is 28.5. The van der Waals surface area contributed by atoms with Crippen molar-refractivity contribution in [2.24, 2.45) is 0 Å². The van der Waals surface area contributed by atoms with Crippen molar-refractivity contribution in [3.05, 3.63) is 65.7 Å². The fraction of sp³-hybridized carbons (Fsp3) is 0.481. The normalized spacial score (nSPS) is 13.3. The Balaban J connectivity index is 2.13. The highest BCUT2D eigenvalue weighted by molar-refractivity contribution is 7.89. The van der Waals surface area contributed by atoms with E-state index in [1.165, 1.54) is 11.4 Å². The molecule has 0 radical (unpaired) electrons. The van der Waals surface area contributed by atoms with Gasteiger partial charge in [0.05, 0.1) is 4.90 Å². The third-order valence-corrected chi connectivity index (χ3v) is 8.05. The largest absolute Gasteiger partial charge is 0.352 e. The van der Waals surface area contributed by atoms with E-state index in [9.17, 15) is 18.0 Å². The van der Waals surface area contributed by atoms with Crippen LogP contribution in [0.2, 0.25) is 0 Å². The maximum absolute atomic E-state index is 13.4. The first-order valence-corrected chi connectivity index (χ1v) is 13.7. The van der Waals surface area contributed by atoms with E-state index >= 15 is 0 Å². The topological polar surface area (TPSA) is 86.8 Å². The third-order valence-electron chi connectivity index (χ3n) is 6.18. The first-order chi connectivity index (χ1) is 16.6. The Morgan fingerprint density at radius 3 is 2.17 bits per heavy atom. The summed E-state index contributed by atoms with van der Waals surface area (Å²) in [7, 11) is -2.10. The number of carbonyl (C=O) groups is 2. The van der Waals surface area contributed by atoms with Gasteiger partial charge in [-0.25, -0.2) is 12.7 Å². The minimum atomic E-state index is -3.62.